The first-order valence-corrected chi connectivity index (χ1v) is 17.2. The summed E-state index contributed by atoms with van der Waals surface area (Å²) in [6.07, 6.45) is 4.65. The second-order valence-corrected chi connectivity index (χ2v) is 15.1. The summed E-state index contributed by atoms with van der Waals surface area (Å²) in [7, 11) is 0. The Labute approximate surface area is 285 Å². The molecule has 3 heterocycles. The fourth-order valence-corrected chi connectivity index (χ4v) is 10.4. The van der Waals surface area contributed by atoms with Crippen LogP contribution in [0.1, 0.15) is 36.9 Å². The number of aliphatic hydroxyl groups excluding tert-OH is 1. The number of fused-ring (bicyclic) bond motifs is 1. The number of likely N-dealkylation sites (tertiary alicyclic amines) is 1. The van der Waals surface area contributed by atoms with Gasteiger partial charge in [-0.2, -0.15) is 0 Å². The van der Waals surface area contributed by atoms with Gasteiger partial charge in [0.2, 0.25) is 11.8 Å². The highest BCUT2D eigenvalue weighted by Crippen LogP contribution is 2.72. The van der Waals surface area contributed by atoms with Crippen LogP contribution < -0.4 is 4.90 Å². The molecular weight excluding hydrogens is 630 g/mol. The van der Waals surface area contributed by atoms with E-state index >= 15 is 9.59 Å². The lowest BCUT2D eigenvalue weighted by Crippen LogP contribution is -2.56. The van der Waals surface area contributed by atoms with Gasteiger partial charge in [-0.25, -0.2) is 0 Å². The number of thioether (sulfide) groups is 1. The Bertz CT molecular complexity index is 1650. The van der Waals surface area contributed by atoms with Gasteiger partial charge in [0, 0.05) is 35.1 Å². The molecule has 3 amide bonds. The number of anilines is 1. The van der Waals surface area contributed by atoms with Crippen molar-refractivity contribution >= 4 is 46.8 Å². The van der Waals surface area contributed by atoms with Crippen LogP contribution >= 0.6 is 23.4 Å². The number of hydrogen-bond donors (Lipinski definition) is 1. The van der Waals surface area contributed by atoms with Gasteiger partial charge in [-0.1, -0.05) is 84.4 Å². The second kappa shape index (κ2) is 13.3. The zero-order valence-electron chi connectivity index (χ0n) is 26.5. The van der Waals surface area contributed by atoms with Crippen molar-refractivity contribution in [2.75, 3.05) is 24.6 Å². The van der Waals surface area contributed by atoms with Crippen LogP contribution in [0.2, 0.25) is 5.02 Å². The van der Waals surface area contributed by atoms with Gasteiger partial charge in [-0.3, -0.25) is 14.4 Å². The van der Waals surface area contributed by atoms with Gasteiger partial charge >= 0.3 is 0 Å². The Balaban J connectivity index is 1.47. The van der Waals surface area contributed by atoms with E-state index in [0.717, 1.165) is 11.1 Å². The maximum atomic E-state index is 15.1. The molecule has 6 rings (SSSR count). The minimum Gasteiger partial charge on any atom is -0.394 e. The van der Waals surface area contributed by atoms with E-state index in [1.807, 2.05) is 60.7 Å². The first kappa shape index (κ1) is 33.1. The largest absolute Gasteiger partial charge is 0.394 e. The predicted molar refractivity (Wildman–Crippen MR) is 188 cm³/mol. The van der Waals surface area contributed by atoms with E-state index in [2.05, 4.69) is 20.1 Å². The van der Waals surface area contributed by atoms with Gasteiger partial charge in [0.25, 0.3) is 5.91 Å². The molecule has 3 saturated heterocycles. The molecule has 3 aliphatic rings. The van der Waals surface area contributed by atoms with Crippen LogP contribution in [0.3, 0.4) is 0 Å². The van der Waals surface area contributed by atoms with Crippen LogP contribution in [0.4, 0.5) is 5.69 Å². The van der Waals surface area contributed by atoms with Crippen LogP contribution in [0, 0.1) is 11.8 Å². The zero-order valence-corrected chi connectivity index (χ0v) is 28.1. The topological polar surface area (TPSA) is 81.2 Å². The summed E-state index contributed by atoms with van der Waals surface area (Å²) < 4.78 is -1.42. The summed E-state index contributed by atoms with van der Waals surface area (Å²) in [6, 6.07) is 24.4. The van der Waals surface area contributed by atoms with Gasteiger partial charge in [-0.05, 0) is 55.2 Å². The third-order valence-corrected chi connectivity index (χ3v) is 12.2. The molecule has 6 atom stereocenters. The van der Waals surface area contributed by atoms with Crippen molar-refractivity contribution in [2.24, 2.45) is 11.8 Å². The average Bonchev–Trinajstić information content (AvgIpc) is 3.65. The van der Waals surface area contributed by atoms with Gasteiger partial charge in [-0.15, -0.1) is 24.9 Å². The molecule has 0 radical (unpaired) electrons. The highest BCUT2D eigenvalue weighted by atomic mass is 35.5. The maximum Gasteiger partial charge on any atom is 0.251 e. The summed E-state index contributed by atoms with van der Waals surface area (Å²) >= 11 is 7.82. The number of nitrogens with zero attached hydrogens (tertiary/aromatic N) is 3. The van der Waals surface area contributed by atoms with Gasteiger partial charge < -0.3 is 19.8 Å². The number of carbonyl (C=O) groups is 3. The number of aliphatic hydroxyl groups is 1. The molecule has 1 N–H and O–H groups in total. The van der Waals surface area contributed by atoms with E-state index in [-0.39, 0.29) is 30.9 Å². The molecule has 2 unspecified atom stereocenters. The second-order valence-electron chi connectivity index (χ2n) is 12.8. The van der Waals surface area contributed by atoms with E-state index < -0.39 is 33.4 Å². The van der Waals surface area contributed by atoms with Gasteiger partial charge in [0.15, 0.2) is 0 Å². The van der Waals surface area contributed by atoms with Crippen molar-refractivity contribution in [1.29, 1.82) is 0 Å². The van der Waals surface area contributed by atoms with E-state index in [1.165, 1.54) is 0 Å². The van der Waals surface area contributed by atoms with Gasteiger partial charge in [0.1, 0.15) is 6.04 Å². The molecule has 47 heavy (non-hydrogen) atoms. The smallest absolute Gasteiger partial charge is 0.251 e. The Morgan fingerprint density at radius 2 is 1.62 bits per heavy atom. The molecule has 9 heteroatoms. The molecule has 0 aliphatic carbocycles. The van der Waals surface area contributed by atoms with E-state index in [1.54, 1.807) is 62.9 Å². The fraction of sp³-hybridized carbons (Fsp3) is 0.342. The lowest BCUT2D eigenvalue weighted by molar-refractivity contribution is -0.146. The molecule has 3 aromatic rings. The molecule has 2 bridgehead atoms. The quantitative estimate of drug-likeness (QED) is 0.230. The molecule has 3 fully saturated rings. The van der Waals surface area contributed by atoms with Crippen LogP contribution in [0.25, 0.3) is 0 Å². The SMILES string of the molecule is C=CCN(Cc1ccccc1)C(=O)[C@@H]1[C@H]2C(=O)N([C@H](CO)c3ccccc3)C(C(=O)N(CC=C)c3ccc(Cl)cc3)C23CC[C@@]1(C)S3. The highest BCUT2D eigenvalue weighted by Gasteiger charge is 2.78. The van der Waals surface area contributed by atoms with Crippen molar-refractivity contribution in [2.45, 2.75) is 47.9 Å². The lowest BCUT2D eigenvalue weighted by atomic mass is 9.66. The van der Waals surface area contributed by atoms with Crippen LogP contribution in [0.15, 0.2) is 110 Å². The minimum atomic E-state index is -0.931. The number of benzene rings is 3. The van der Waals surface area contributed by atoms with Crippen LogP contribution in [0.5, 0.6) is 0 Å². The monoisotopic (exact) mass is 669 g/mol. The van der Waals surface area contributed by atoms with Crippen molar-refractivity contribution in [1.82, 2.24) is 9.80 Å². The Morgan fingerprint density at radius 3 is 2.23 bits per heavy atom. The van der Waals surface area contributed by atoms with Gasteiger partial charge in [0.05, 0.1) is 29.2 Å². The fourth-order valence-electron chi connectivity index (χ4n) is 7.99. The molecular formula is C38H40ClN3O4S. The van der Waals surface area contributed by atoms with E-state index in [4.69, 9.17) is 11.6 Å². The molecule has 1 spiro atoms. The zero-order chi connectivity index (χ0) is 33.3. The molecule has 3 aliphatic heterocycles. The Kier molecular flexibility index (Phi) is 9.38. The van der Waals surface area contributed by atoms with Crippen LogP contribution in [-0.2, 0) is 20.9 Å². The van der Waals surface area contributed by atoms with E-state index in [0.29, 0.717) is 36.6 Å². The van der Waals surface area contributed by atoms with Crippen molar-refractivity contribution in [3.05, 3.63) is 126 Å². The summed E-state index contributed by atoms with van der Waals surface area (Å²) in [5.74, 6) is -2.05. The van der Waals surface area contributed by atoms with Crippen molar-refractivity contribution < 1.29 is 19.5 Å². The molecule has 0 aromatic heterocycles. The minimum absolute atomic E-state index is 0.113. The Morgan fingerprint density at radius 1 is 0.979 bits per heavy atom. The number of amides is 3. The average molecular weight is 670 g/mol. The van der Waals surface area contributed by atoms with E-state index in [9.17, 15) is 9.90 Å². The molecule has 0 saturated carbocycles. The third kappa shape index (κ3) is 5.70. The van der Waals surface area contributed by atoms with Crippen molar-refractivity contribution in [3.8, 4) is 0 Å². The molecule has 7 nitrogen and oxygen atoms in total. The number of rotatable bonds is 12. The molecule has 244 valence electrons. The Hall–Kier alpha value is -3.85. The van der Waals surface area contributed by atoms with Crippen LogP contribution in [-0.4, -0.2) is 67.9 Å². The lowest BCUT2D eigenvalue weighted by Gasteiger charge is -2.39. The summed E-state index contributed by atoms with van der Waals surface area (Å²) in [5.41, 5.74) is 2.34. The third-order valence-electron chi connectivity index (χ3n) is 10.0. The molecule has 3 aromatic carbocycles. The van der Waals surface area contributed by atoms with Crippen molar-refractivity contribution in [3.63, 3.8) is 0 Å². The number of carbonyl (C=O) groups excluding carboxylic acids is 3. The summed E-state index contributed by atoms with van der Waals surface area (Å²) in [5, 5.41) is 11.4. The first-order chi connectivity index (χ1) is 22.7. The normalized spacial score (nSPS) is 26.5. The number of hydrogen-bond acceptors (Lipinski definition) is 5. The summed E-state index contributed by atoms with van der Waals surface area (Å²) in [6.45, 7) is 10.5. The highest BCUT2D eigenvalue weighted by molar-refractivity contribution is 8.02. The maximum absolute atomic E-state index is 15.1. The summed E-state index contributed by atoms with van der Waals surface area (Å²) in [4.78, 5) is 49.8. The first-order valence-electron chi connectivity index (χ1n) is 16.0. The standard InChI is InChI=1S/C38H40ClN3O4S/c1-4-22-40(24-26-12-8-6-9-13-26)34(44)31-32-35(45)42(30(25-43)27-14-10-7-11-15-27)33(38(32)21-20-37(31,3)47-38)36(46)41(23-5-2)29-18-16-28(39)17-19-29/h4-19,30-33,43H,1-2,20-25H2,3H3/t30-,31+,32+,33?,37-,38?/m1/s1. The number of halogens is 1. The predicted octanol–water partition coefficient (Wildman–Crippen LogP) is 6.29.